The molecule has 0 aromatic rings. The zero-order valence-corrected chi connectivity index (χ0v) is 14.9. The average molecular weight is 310 g/mol. The maximum atomic E-state index is 5.61. The van der Waals surface area contributed by atoms with Gasteiger partial charge in [-0.15, -0.1) is 0 Å². The van der Waals surface area contributed by atoms with Gasteiger partial charge in [-0.05, 0) is 66.5 Å². The van der Waals surface area contributed by atoms with Gasteiger partial charge >= 0.3 is 0 Å². The molecule has 0 saturated carbocycles. The molecular formula is C17H34N4O. The Bertz CT molecular complexity index is 363. The summed E-state index contributed by atoms with van der Waals surface area (Å²) in [6, 6.07) is 0. The second-order valence-corrected chi connectivity index (χ2v) is 7.60. The fourth-order valence-corrected chi connectivity index (χ4v) is 3.41. The zero-order valence-electron chi connectivity index (χ0n) is 14.9. The molecule has 2 N–H and O–H groups in total. The van der Waals surface area contributed by atoms with E-state index in [0.29, 0.717) is 0 Å². The van der Waals surface area contributed by atoms with Crippen LogP contribution in [-0.2, 0) is 4.74 Å². The van der Waals surface area contributed by atoms with Crippen molar-refractivity contribution in [3.05, 3.63) is 0 Å². The van der Waals surface area contributed by atoms with Crippen LogP contribution in [0, 0.1) is 0 Å². The highest BCUT2D eigenvalue weighted by Gasteiger charge is 2.39. The Morgan fingerprint density at radius 2 is 1.82 bits per heavy atom. The Labute approximate surface area is 135 Å². The van der Waals surface area contributed by atoms with Crippen molar-refractivity contribution in [1.82, 2.24) is 15.5 Å². The molecule has 2 saturated heterocycles. The molecule has 2 heterocycles. The summed E-state index contributed by atoms with van der Waals surface area (Å²) in [5.74, 6) is 0.931. The van der Waals surface area contributed by atoms with Gasteiger partial charge in [-0.1, -0.05) is 0 Å². The number of guanidine groups is 1. The standard InChI is InChI=1S/C17H34N4O/c1-5-18-15(20-16(2,3)4)19-14-17(8-12-22-13-9-17)21-10-6-7-11-21/h5-14H2,1-4H3,(H2,18,19,20). The topological polar surface area (TPSA) is 48.9 Å². The van der Waals surface area contributed by atoms with Crippen molar-refractivity contribution in [3.8, 4) is 0 Å². The van der Waals surface area contributed by atoms with E-state index < -0.39 is 0 Å². The summed E-state index contributed by atoms with van der Waals surface area (Å²) in [5, 5.41) is 6.87. The summed E-state index contributed by atoms with van der Waals surface area (Å²) >= 11 is 0. The van der Waals surface area contributed by atoms with Gasteiger partial charge in [0, 0.05) is 30.8 Å². The predicted octanol–water partition coefficient (Wildman–Crippen LogP) is 1.99. The van der Waals surface area contributed by atoms with Crippen molar-refractivity contribution in [2.24, 2.45) is 4.99 Å². The Balaban J connectivity index is 2.08. The van der Waals surface area contributed by atoms with E-state index in [9.17, 15) is 0 Å². The number of nitrogens with one attached hydrogen (secondary N) is 2. The minimum absolute atomic E-state index is 0.0253. The fraction of sp³-hybridized carbons (Fsp3) is 0.941. The van der Waals surface area contributed by atoms with Crippen molar-refractivity contribution >= 4 is 5.96 Å². The summed E-state index contributed by atoms with van der Waals surface area (Å²) in [6.07, 6.45) is 4.86. The highest BCUT2D eigenvalue weighted by Crippen LogP contribution is 2.31. The van der Waals surface area contributed by atoms with Crippen LogP contribution in [0.2, 0.25) is 0 Å². The van der Waals surface area contributed by atoms with Gasteiger partial charge in [-0.3, -0.25) is 9.89 Å². The molecule has 0 radical (unpaired) electrons. The Kier molecular flexibility index (Phi) is 6.09. The number of nitrogens with zero attached hydrogens (tertiary/aromatic N) is 2. The molecule has 0 amide bonds. The molecule has 0 bridgehead atoms. The van der Waals surface area contributed by atoms with Crippen molar-refractivity contribution < 1.29 is 4.74 Å². The third-order valence-corrected chi connectivity index (χ3v) is 4.57. The van der Waals surface area contributed by atoms with Crippen LogP contribution in [0.3, 0.4) is 0 Å². The molecule has 0 aliphatic carbocycles. The lowest BCUT2D eigenvalue weighted by Crippen LogP contribution is -2.54. The number of likely N-dealkylation sites (tertiary alicyclic amines) is 1. The highest BCUT2D eigenvalue weighted by atomic mass is 16.5. The van der Waals surface area contributed by atoms with Crippen molar-refractivity contribution in [1.29, 1.82) is 0 Å². The molecule has 2 rings (SSSR count). The predicted molar refractivity (Wildman–Crippen MR) is 92.5 cm³/mol. The second-order valence-electron chi connectivity index (χ2n) is 7.60. The SMILES string of the molecule is CCNC(=NCC1(N2CCCC2)CCOCC1)NC(C)(C)C. The van der Waals surface area contributed by atoms with E-state index >= 15 is 0 Å². The van der Waals surface area contributed by atoms with Crippen LogP contribution in [0.1, 0.15) is 53.4 Å². The van der Waals surface area contributed by atoms with Crippen LogP contribution in [0.15, 0.2) is 4.99 Å². The maximum absolute atomic E-state index is 5.61. The maximum Gasteiger partial charge on any atom is 0.191 e. The highest BCUT2D eigenvalue weighted by molar-refractivity contribution is 5.80. The molecule has 0 spiro atoms. The van der Waals surface area contributed by atoms with Gasteiger partial charge in [0.2, 0.25) is 0 Å². The van der Waals surface area contributed by atoms with Gasteiger partial charge in [0.1, 0.15) is 0 Å². The van der Waals surface area contributed by atoms with E-state index in [0.717, 1.165) is 45.1 Å². The summed E-state index contributed by atoms with van der Waals surface area (Å²) in [7, 11) is 0. The molecule has 5 heteroatoms. The number of ether oxygens (including phenoxy) is 1. The first-order valence-electron chi connectivity index (χ1n) is 8.84. The Hall–Kier alpha value is -0.810. The van der Waals surface area contributed by atoms with Crippen LogP contribution < -0.4 is 10.6 Å². The largest absolute Gasteiger partial charge is 0.381 e. The first-order valence-corrected chi connectivity index (χ1v) is 8.84. The van der Waals surface area contributed by atoms with Crippen LogP contribution in [0.4, 0.5) is 0 Å². The number of hydrogen-bond donors (Lipinski definition) is 2. The number of hydrogen-bond acceptors (Lipinski definition) is 3. The molecule has 0 aromatic carbocycles. The van der Waals surface area contributed by atoms with Gasteiger partial charge in [0.25, 0.3) is 0 Å². The van der Waals surface area contributed by atoms with Gasteiger partial charge < -0.3 is 15.4 Å². The lowest BCUT2D eigenvalue weighted by Gasteiger charge is -2.43. The molecular weight excluding hydrogens is 276 g/mol. The molecule has 0 aromatic heterocycles. The molecule has 128 valence electrons. The summed E-state index contributed by atoms with van der Waals surface area (Å²) < 4.78 is 5.61. The van der Waals surface area contributed by atoms with Crippen LogP contribution in [0.25, 0.3) is 0 Å². The first-order chi connectivity index (χ1) is 10.5. The van der Waals surface area contributed by atoms with E-state index in [1.165, 1.54) is 25.9 Å². The van der Waals surface area contributed by atoms with E-state index in [4.69, 9.17) is 9.73 Å². The molecule has 2 aliphatic rings. The summed E-state index contributed by atoms with van der Waals surface area (Å²) in [6.45, 7) is 14.6. The molecule has 22 heavy (non-hydrogen) atoms. The van der Waals surface area contributed by atoms with E-state index in [1.54, 1.807) is 0 Å². The Morgan fingerprint density at radius 1 is 1.18 bits per heavy atom. The third kappa shape index (κ3) is 4.85. The molecule has 2 fully saturated rings. The molecule has 0 atom stereocenters. The minimum Gasteiger partial charge on any atom is -0.381 e. The van der Waals surface area contributed by atoms with Crippen LogP contribution in [0.5, 0.6) is 0 Å². The molecule has 0 unspecified atom stereocenters. The fourth-order valence-electron chi connectivity index (χ4n) is 3.41. The zero-order chi connectivity index (χ0) is 16.1. The van der Waals surface area contributed by atoms with Crippen molar-refractivity contribution in [3.63, 3.8) is 0 Å². The number of rotatable bonds is 4. The van der Waals surface area contributed by atoms with Gasteiger partial charge in [0.05, 0.1) is 6.54 Å². The van der Waals surface area contributed by atoms with Gasteiger partial charge in [-0.2, -0.15) is 0 Å². The second kappa shape index (κ2) is 7.64. The smallest absolute Gasteiger partial charge is 0.191 e. The van der Waals surface area contributed by atoms with Gasteiger partial charge in [-0.25, -0.2) is 0 Å². The van der Waals surface area contributed by atoms with Crippen LogP contribution in [-0.4, -0.2) is 61.3 Å². The van der Waals surface area contributed by atoms with E-state index in [2.05, 4.69) is 43.2 Å². The van der Waals surface area contributed by atoms with Gasteiger partial charge in [0.15, 0.2) is 5.96 Å². The number of aliphatic imine (C=N–C) groups is 1. The Morgan fingerprint density at radius 3 is 2.36 bits per heavy atom. The quantitative estimate of drug-likeness (QED) is 0.616. The molecule has 5 nitrogen and oxygen atoms in total. The van der Waals surface area contributed by atoms with Crippen molar-refractivity contribution in [2.45, 2.75) is 64.5 Å². The minimum atomic E-state index is 0.0253. The van der Waals surface area contributed by atoms with E-state index in [-0.39, 0.29) is 11.1 Å². The lowest BCUT2D eigenvalue weighted by atomic mass is 9.88. The third-order valence-electron chi connectivity index (χ3n) is 4.57. The summed E-state index contributed by atoms with van der Waals surface area (Å²) in [5.41, 5.74) is 0.229. The normalized spacial score (nSPS) is 23.5. The molecule has 2 aliphatic heterocycles. The first kappa shape index (κ1) is 17.5. The van der Waals surface area contributed by atoms with E-state index in [1.807, 2.05) is 0 Å². The van der Waals surface area contributed by atoms with Crippen LogP contribution >= 0.6 is 0 Å². The monoisotopic (exact) mass is 310 g/mol. The lowest BCUT2D eigenvalue weighted by molar-refractivity contribution is -0.0139. The average Bonchev–Trinajstić information content (AvgIpc) is 2.99. The van der Waals surface area contributed by atoms with Crippen molar-refractivity contribution in [2.75, 3.05) is 39.4 Å². The summed E-state index contributed by atoms with van der Waals surface area (Å²) in [4.78, 5) is 7.60.